The molecule has 6 heteroatoms. The van der Waals surface area contributed by atoms with E-state index in [2.05, 4.69) is 28.8 Å². The average Bonchev–Trinajstić information content (AvgIpc) is 2.49. The third kappa shape index (κ3) is 7.77. The van der Waals surface area contributed by atoms with Gasteiger partial charge in [0.2, 0.25) is 0 Å². The highest BCUT2D eigenvalue weighted by Crippen LogP contribution is 2.21. The molecule has 0 aliphatic carbocycles. The summed E-state index contributed by atoms with van der Waals surface area (Å²) >= 11 is 6.00. The van der Waals surface area contributed by atoms with Crippen molar-refractivity contribution in [3.05, 3.63) is 29.7 Å². The summed E-state index contributed by atoms with van der Waals surface area (Å²) in [4.78, 5) is 20.2. The second kappa shape index (κ2) is 9.62. The summed E-state index contributed by atoms with van der Waals surface area (Å²) in [7, 11) is 0. The van der Waals surface area contributed by atoms with Crippen LogP contribution >= 0.6 is 11.6 Å². The third-order valence-corrected chi connectivity index (χ3v) is 3.73. The molecule has 0 aliphatic rings. The Morgan fingerprint density at radius 3 is 2.58 bits per heavy atom. The molecule has 1 atom stereocenters. The molecule has 0 aromatic carbocycles. The number of ether oxygens (including phenoxy) is 1. The maximum atomic E-state index is 12.0. The molecular weight excluding hydrogens is 326 g/mol. The maximum Gasteiger partial charge on any atom is 0.333 e. The van der Waals surface area contributed by atoms with Gasteiger partial charge in [0.25, 0.3) is 0 Å². The fourth-order valence-electron chi connectivity index (χ4n) is 2.27. The largest absolute Gasteiger partial charge is 0.457 e. The number of nitrogens with zero attached hydrogens (tertiary/aromatic N) is 2. The smallest absolute Gasteiger partial charge is 0.333 e. The summed E-state index contributed by atoms with van der Waals surface area (Å²) in [6.07, 6.45) is 6.76. The number of anilines is 1. The molecular formula is C18H28ClN3O2. The second-order valence-electron chi connectivity index (χ2n) is 6.88. The molecule has 24 heavy (non-hydrogen) atoms. The van der Waals surface area contributed by atoms with Crippen molar-refractivity contribution in [2.75, 3.05) is 11.9 Å². The predicted molar refractivity (Wildman–Crippen MR) is 98.1 cm³/mol. The standard InChI is InChI=1S/C18H28ClN3O2/c1-6-7-14(12-22-16-15(19)20-10-11-21-16)9-8-13(2)17(23)24-18(3,4)5/h10-11,14H,2,6-9,12H2,1,3-5H3,(H,21,22). The number of halogens is 1. The van der Waals surface area contributed by atoms with Crippen LogP contribution in [-0.2, 0) is 9.53 Å². The summed E-state index contributed by atoms with van der Waals surface area (Å²) in [6, 6.07) is 0. The van der Waals surface area contributed by atoms with E-state index in [9.17, 15) is 4.79 Å². The van der Waals surface area contributed by atoms with Crippen LogP contribution in [0.4, 0.5) is 5.82 Å². The van der Waals surface area contributed by atoms with Gasteiger partial charge in [-0.05, 0) is 46.0 Å². The van der Waals surface area contributed by atoms with E-state index in [1.165, 1.54) is 0 Å². The topological polar surface area (TPSA) is 64.1 Å². The van der Waals surface area contributed by atoms with Gasteiger partial charge in [-0.25, -0.2) is 14.8 Å². The van der Waals surface area contributed by atoms with Crippen LogP contribution in [0.5, 0.6) is 0 Å². The van der Waals surface area contributed by atoms with Gasteiger partial charge < -0.3 is 10.1 Å². The van der Waals surface area contributed by atoms with Crippen LogP contribution in [0.3, 0.4) is 0 Å². The van der Waals surface area contributed by atoms with E-state index < -0.39 is 5.60 Å². The van der Waals surface area contributed by atoms with Crippen molar-refractivity contribution in [1.29, 1.82) is 0 Å². The first-order chi connectivity index (χ1) is 11.2. The monoisotopic (exact) mass is 353 g/mol. The first-order valence-corrected chi connectivity index (χ1v) is 8.72. The first-order valence-electron chi connectivity index (χ1n) is 8.34. The number of carbonyl (C=O) groups excluding carboxylic acids is 1. The van der Waals surface area contributed by atoms with Crippen LogP contribution in [0, 0.1) is 5.92 Å². The van der Waals surface area contributed by atoms with E-state index in [0.29, 0.717) is 28.9 Å². The normalized spacial score (nSPS) is 12.5. The fraction of sp³-hybridized carbons (Fsp3) is 0.611. The molecule has 5 nitrogen and oxygen atoms in total. The van der Waals surface area contributed by atoms with Gasteiger partial charge in [-0.15, -0.1) is 0 Å². The fourth-order valence-corrected chi connectivity index (χ4v) is 2.44. The summed E-state index contributed by atoms with van der Waals surface area (Å²) in [5.74, 6) is 0.668. The predicted octanol–water partition coefficient (Wildman–Crippen LogP) is 4.64. The van der Waals surface area contributed by atoms with E-state index in [4.69, 9.17) is 16.3 Å². The molecule has 1 aromatic rings. The minimum Gasteiger partial charge on any atom is -0.457 e. The molecule has 0 saturated carbocycles. The molecule has 1 unspecified atom stereocenters. The van der Waals surface area contributed by atoms with E-state index in [-0.39, 0.29) is 5.97 Å². The number of rotatable bonds is 9. The summed E-state index contributed by atoms with van der Waals surface area (Å²) in [5, 5.41) is 3.60. The Morgan fingerprint density at radius 2 is 2.00 bits per heavy atom. The maximum absolute atomic E-state index is 12.0. The quantitative estimate of drug-likeness (QED) is 0.517. The van der Waals surface area contributed by atoms with Crippen LogP contribution in [0.2, 0.25) is 5.15 Å². The summed E-state index contributed by atoms with van der Waals surface area (Å²) in [5.41, 5.74) is 0.0243. The molecule has 0 aliphatic heterocycles. The highest BCUT2D eigenvalue weighted by Gasteiger charge is 2.19. The molecule has 1 aromatic heterocycles. The lowest BCUT2D eigenvalue weighted by Gasteiger charge is -2.21. The molecule has 0 radical (unpaired) electrons. The average molecular weight is 354 g/mol. The summed E-state index contributed by atoms with van der Waals surface area (Å²) < 4.78 is 5.35. The van der Waals surface area contributed by atoms with E-state index in [1.54, 1.807) is 12.4 Å². The van der Waals surface area contributed by atoms with Gasteiger partial charge in [-0.3, -0.25) is 0 Å². The van der Waals surface area contributed by atoms with Crippen molar-refractivity contribution in [3.8, 4) is 0 Å². The van der Waals surface area contributed by atoms with Crippen molar-refractivity contribution >= 4 is 23.4 Å². The highest BCUT2D eigenvalue weighted by atomic mass is 35.5. The van der Waals surface area contributed by atoms with Gasteiger partial charge in [0.15, 0.2) is 11.0 Å². The molecule has 134 valence electrons. The Labute approximate surface area is 149 Å². The third-order valence-electron chi connectivity index (χ3n) is 3.45. The number of hydrogen-bond acceptors (Lipinski definition) is 5. The van der Waals surface area contributed by atoms with Gasteiger partial charge in [0, 0.05) is 24.5 Å². The lowest BCUT2D eigenvalue weighted by Crippen LogP contribution is -2.25. The molecule has 0 spiro atoms. The van der Waals surface area contributed by atoms with Crippen LogP contribution in [-0.4, -0.2) is 28.1 Å². The Balaban J connectivity index is 2.49. The molecule has 0 bridgehead atoms. The Morgan fingerprint density at radius 1 is 1.33 bits per heavy atom. The number of esters is 1. The minimum absolute atomic E-state index is 0.317. The molecule has 0 amide bonds. The van der Waals surface area contributed by atoms with E-state index >= 15 is 0 Å². The second-order valence-corrected chi connectivity index (χ2v) is 7.23. The van der Waals surface area contributed by atoms with Crippen molar-refractivity contribution < 1.29 is 9.53 Å². The first kappa shape index (κ1) is 20.4. The van der Waals surface area contributed by atoms with Crippen LogP contribution in [0.15, 0.2) is 24.5 Å². The van der Waals surface area contributed by atoms with Crippen LogP contribution in [0.1, 0.15) is 53.4 Å². The number of nitrogens with one attached hydrogen (secondary N) is 1. The lowest BCUT2D eigenvalue weighted by molar-refractivity contribution is -0.150. The van der Waals surface area contributed by atoms with Gasteiger partial charge in [-0.2, -0.15) is 0 Å². The van der Waals surface area contributed by atoms with Crippen LogP contribution < -0.4 is 5.32 Å². The Bertz CT molecular complexity index is 555. The zero-order chi connectivity index (χ0) is 18.2. The zero-order valence-corrected chi connectivity index (χ0v) is 15.8. The molecule has 1 heterocycles. The van der Waals surface area contributed by atoms with E-state index in [1.807, 2.05) is 20.8 Å². The Kier molecular flexibility index (Phi) is 8.19. The SMILES string of the molecule is C=C(CCC(CCC)CNc1nccnc1Cl)C(=O)OC(C)(C)C. The number of aromatic nitrogens is 2. The number of hydrogen-bond donors (Lipinski definition) is 1. The van der Waals surface area contributed by atoms with Gasteiger partial charge >= 0.3 is 5.97 Å². The Hall–Kier alpha value is -1.62. The summed E-state index contributed by atoms with van der Waals surface area (Å²) in [6.45, 7) is 12.3. The lowest BCUT2D eigenvalue weighted by atomic mass is 9.95. The number of carbonyl (C=O) groups is 1. The van der Waals surface area contributed by atoms with Gasteiger partial charge in [0.1, 0.15) is 5.60 Å². The molecule has 1 N–H and O–H groups in total. The zero-order valence-electron chi connectivity index (χ0n) is 15.1. The molecule has 1 rings (SSSR count). The van der Waals surface area contributed by atoms with Gasteiger partial charge in [0.05, 0.1) is 0 Å². The van der Waals surface area contributed by atoms with Crippen molar-refractivity contribution in [1.82, 2.24) is 9.97 Å². The van der Waals surface area contributed by atoms with Crippen molar-refractivity contribution in [2.24, 2.45) is 5.92 Å². The van der Waals surface area contributed by atoms with Crippen molar-refractivity contribution in [2.45, 2.75) is 59.0 Å². The highest BCUT2D eigenvalue weighted by molar-refractivity contribution is 6.31. The van der Waals surface area contributed by atoms with E-state index in [0.717, 1.165) is 25.8 Å². The van der Waals surface area contributed by atoms with Crippen molar-refractivity contribution in [3.63, 3.8) is 0 Å². The molecule has 0 saturated heterocycles. The van der Waals surface area contributed by atoms with Crippen LogP contribution in [0.25, 0.3) is 0 Å². The minimum atomic E-state index is -0.493. The molecule has 0 fully saturated rings. The van der Waals surface area contributed by atoms with Gasteiger partial charge in [-0.1, -0.05) is 31.5 Å².